The van der Waals surface area contributed by atoms with Gasteiger partial charge in [-0.1, -0.05) is 30.3 Å². The number of imidazole rings is 1. The van der Waals surface area contributed by atoms with Gasteiger partial charge in [0.05, 0.1) is 5.69 Å². The molecule has 2 aromatic heterocycles. The highest BCUT2D eigenvalue weighted by molar-refractivity contribution is 6.34. The third kappa shape index (κ3) is 1.44. The van der Waals surface area contributed by atoms with Crippen molar-refractivity contribution in [1.82, 2.24) is 14.4 Å². The molecule has 3 aromatic rings. The molecule has 0 fully saturated rings. The molecule has 3 rings (SSSR count). The Morgan fingerprint density at radius 1 is 1.06 bits per heavy atom. The highest BCUT2D eigenvalue weighted by Crippen LogP contribution is 2.15. The lowest BCUT2D eigenvalue weighted by Gasteiger charge is -1.98. The minimum atomic E-state index is 0.784. The number of fused-ring (bicyclic) bond motifs is 1. The molecule has 76 valence electrons. The summed E-state index contributed by atoms with van der Waals surface area (Å²) in [5.74, 6) is 0.784. The summed E-state index contributed by atoms with van der Waals surface area (Å²) in [6.07, 6.45) is 3.79. The van der Waals surface area contributed by atoms with Crippen LogP contribution in [0.15, 0.2) is 48.8 Å². The van der Waals surface area contributed by atoms with Crippen LogP contribution in [-0.2, 0) is 0 Å². The van der Waals surface area contributed by atoms with Gasteiger partial charge in [0.25, 0.3) is 16.3 Å². The number of benzene rings is 1. The molecule has 3 nitrogen and oxygen atoms in total. The van der Waals surface area contributed by atoms with E-state index < -0.39 is 0 Å². The number of hydrogen-bond donors (Lipinski definition) is 0. The van der Waals surface area contributed by atoms with Gasteiger partial charge in [0.1, 0.15) is 0 Å². The molecule has 0 bridgehead atoms. The van der Waals surface area contributed by atoms with E-state index >= 15 is 0 Å². The first-order chi connectivity index (χ1) is 7.86. The van der Waals surface area contributed by atoms with Crippen molar-refractivity contribution in [3.05, 3.63) is 48.8 Å². The van der Waals surface area contributed by atoms with Crippen molar-refractivity contribution in [1.29, 1.82) is 0 Å². The minimum absolute atomic E-state index is 0.784. The second-order valence-corrected chi connectivity index (χ2v) is 4.65. The van der Waals surface area contributed by atoms with Crippen molar-refractivity contribution in [3.63, 3.8) is 0 Å². The normalized spacial score (nSPS) is 10.8. The summed E-state index contributed by atoms with van der Waals surface area (Å²) in [5, 5.41) is 0. The van der Waals surface area contributed by atoms with Crippen molar-refractivity contribution < 1.29 is 0 Å². The summed E-state index contributed by atoms with van der Waals surface area (Å²) in [6, 6.07) is 12.2. The molecular weight excluding hydrogens is 213 g/mol. The van der Waals surface area contributed by atoms with E-state index in [-0.39, 0.29) is 0 Å². The zero-order valence-electron chi connectivity index (χ0n) is 8.96. The van der Waals surface area contributed by atoms with Crippen LogP contribution < -0.4 is 4.56 Å². The maximum atomic E-state index is 4.57. The summed E-state index contributed by atoms with van der Waals surface area (Å²) in [6.45, 7) is 0. The van der Waals surface area contributed by atoms with Crippen molar-refractivity contribution >= 4 is 26.6 Å². The molecule has 0 saturated carbocycles. The van der Waals surface area contributed by atoms with Crippen LogP contribution in [0.2, 0.25) is 0 Å². The topological polar surface area (TPSA) is 30.2 Å². The van der Waals surface area contributed by atoms with Gasteiger partial charge in [0, 0.05) is 18.0 Å². The Kier molecular flexibility index (Phi) is 2.25. The fraction of sp³-hybridized carbons (Fsp3) is 0. The SMILES string of the molecule is [AlH2][c]1c(-c2ccccc2)nc2ncccn12. The first-order valence-electron chi connectivity index (χ1n) is 5.21. The van der Waals surface area contributed by atoms with E-state index in [0.717, 1.165) is 33.3 Å². The Labute approximate surface area is 101 Å². The summed E-state index contributed by atoms with van der Waals surface area (Å²) in [7, 11) is 0. The average molecular weight is 223 g/mol. The maximum Gasteiger partial charge on any atom is 0.290 e. The fourth-order valence-corrected chi connectivity index (χ4v) is 2.62. The number of rotatable bonds is 1. The molecule has 16 heavy (non-hydrogen) atoms. The summed E-state index contributed by atoms with van der Waals surface area (Å²) >= 11 is 0.956. The number of nitrogens with zero attached hydrogens (tertiary/aromatic N) is 3. The Hall–Kier alpha value is -1.63. The smallest absolute Gasteiger partial charge is 0.290 e. The monoisotopic (exact) mass is 223 g/mol. The zero-order valence-corrected chi connectivity index (χ0v) is 11.0. The Bertz CT molecular complexity index is 631. The molecule has 0 spiro atoms. The Morgan fingerprint density at radius 2 is 1.88 bits per heavy atom. The maximum absolute atomic E-state index is 4.57. The van der Waals surface area contributed by atoms with Crippen LogP contribution in [0.1, 0.15) is 0 Å². The van der Waals surface area contributed by atoms with Gasteiger partial charge in [-0.05, 0) is 10.6 Å². The Balaban J connectivity index is 2.29. The van der Waals surface area contributed by atoms with Crippen LogP contribution in [0.3, 0.4) is 0 Å². The molecule has 0 aliphatic heterocycles. The van der Waals surface area contributed by atoms with Gasteiger partial charge in [0.2, 0.25) is 5.78 Å². The van der Waals surface area contributed by atoms with E-state index in [1.54, 1.807) is 6.20 Å². The van der Waals surface area contributed by atoms with Crippen molar-refractivity contribution in [2.75, 3.05) is 0 Å². The predicted octanol–water partition coefficient (Wildman–Crippen LogP) is 0.655. The predicted molar refractivity (Wildman–Crippen MR) is 66.6 cm³/mol. The lowest BCUT2D eigenvalue weighted by atomic mass is 10.2. The van der Waals surface area contributed by atoms with Crippen LogP contribution in [0, 0.1) is 0 Å². The van der Waals surface area contributed by atoms with Gasteiger partial charge < -0.3 is 4.40 Å². The van der Waals surface area contributed by atoms with Gasteiger partial charge in [-0.3, -0.25) is 0 Å². The van der Waals surface area contributed by atoms with E-state index in [0.29, 0.717) is 0 Å². The summed E-state index contributed by atoms with van der Waals surface area (Å²) < 4.78 is 3.32. The first-order valence-corrected chi connectivity index (χ1v) is 6.21. The van der Waals surface area contributed by atoms with Gasteiger partial charge in [-0.15, -0.1) is 0 Å². The van der Waals surface area contributed by atoms with E-state index in [4.69, 9.17) is 0 Å². The summed E-state index contributed by atoms with van der Waals surface area (Å²) in [4.78, 5) is 8.83. The van der Waals surface area contributed by atoms with Crippen LogP contribution in [0.25, 0.3) is 17.0 Å². The highest BCUT2D eigenvalue weighted by atomic mass is 27.0. The molecule has 4 heteroatoms. The molecule has 0 radical (unpaired) electrons. The van der Waals surface area contributed by atoms with Crippen LogP contribution in [-0.4, -0.2) is 30.7 Å². The van der Waals surface area contributed by atoms with Crippen LogP contribution in [0.5, 0.6) is 0 Å². The third-order valence-electron chi connectivity index (χ3n) is 2.69. The molecule has 0 saturated heterocycles. The minimum Gasteiger partial charge on any atom is -0.305 e. The third-order valence-corrected chi connectivity index (χ3v) is 3.65. The lowest BCUT2D eigenvalue weighted by molar-refractivity contribution is 1.13. The lowest BCUT2D eigenvalue weighted by Crippen LogP contribution is -2.12. The van der Waals surface area contributed by atoms with E-state index in [1.807, 2.05) is 30.5 Å². The number of aromatic nitrogens is 3. The average Bonchev–Trinajstić information content (AvgIpc) is 2.69. The molecule has 0 N–H and O–H groups in total. The summed E-state index contributed by atoms with van der Waals surface area (Å²) in [5.41, 5.74) is 2.23. The second-order valence-electron chi connectivity index (χ2n) is 3.70. The van der Waals surface area contributed by atoms with E-state index in [2.05, 4.69) is 26.5 Å². The molecule has 0 unspecified atom stereocenters. The molecule has 1 aromatic carbocycles. The highest BCUT2D eigenvalue weighted by Gasteiger charge is 2.08. The number of hydrogen-bond acceptors (Lipinski definition) is 2. The van der Waals surface area contributed by atoms with E-state index in [9.17, 15) is 0 Å². The molecular formula is C12H10AlN3. The molecule has 0 atom stereocenters. The van der Waals surface area contributed by atoms with Crippen molar-refractivity contribution in [2.24, 2.45) is 0 Å². The van der Waals surface area contributed by atoms with Crippen LogP contribution >= 0.6 is 0 Å². The van der Waals surface area contributed by atoms with Gasteiger partial charge in [0.15, 0.2) is 0 Å². The zero-order chi connectivity index (χ0) is 11.0. The first kappa shape index (κ1) is 9.59. The Morgan fingerprint density at radius 3 is 2.62 bits per heavy atom. The van der Waals surface area contributed by atoms with Crippen LogP contribution in [0.4, 0.5) is 0 Å². The fourth-order valence-electron chi connectivity index (χ4n) is 1.87. The van der Waals surface area contributed by atoms with E-state index in [1.165, 1.54) is 4.56 Å². The standard InChI is InChI=1S/C12H8N3.Al.2H/c1-2-5-10(6-3-1)11-9-15-8-4-7-13-12(15)14-11;;;/h1-8H;;;. The van der Waals surface area contributed by atoms with Crippen molar-refractivity contribution in [3.8, 4) is 11.3 Å². The van der Waals surface area contributed by atoms with Gasteiger partial charge in [-0.2, -0.15) is 0 Å². The quantitative estimate of drug-likeness (QED) is 0.567. The molecule has 0 aliphatic carbocycles. The van der Waals surface area contributed by atoms with Gasteiger partial charge >= 0.3 is 0 Å². The molecule has 2 heterocycles. The molecule has 0 aliphatic rings. The second kappa shape index (κ2) is 3.75. The molecule has 0 amide bonds. The largest absolute Gasteiger partial charge is 0.305 e. The van der Waals surface area contributed by atoms with Crippen molar-refractivity contribution in [2.45, 2.75) is 0 Å². The van der Waals surface area contributed by atoms with Gasteiger partial charge in [-0.25, -0.2) is 9.97 Å².